The number of hydrogen-bond donors (Lipinski definition) is 2. The maximum Gasteiger partial charge on any atom is 0.328 e. The summed E-state index contributed by atoms with van der Waals surface area (Å²) >= 11 is 6.29. The van der Waals surface area contributed by atoms with Crippen molar-refractivity contribution >= 4 is 46.1 Å². The fourth-order valence-corrected chi connectivity index (χ4v) is 6.84. The van der Waals surface area contributed by atoms with Crippen LogP contribution in [0.2, 0.25) is 5.02 Å². The third kappa shape index (κ3) is 5.73. The molecule has 40 heavy (non-hydrogen) atoms. The van der Waals surface area contributed by atoms with Crippen LogP contribution in [0.3, 0.4) is 0 Å². The van der Waals surface area contributed by atoms with Crippen molar-refractivity contribution in [3.05, 3.63) is 35.0 Å². The van der Waals surface area contributed by atoms with E-state index in [1.165, 1.54) is 12.0 Å². The Labute approximate surface area is 236 Å². The average Bonchev–Trinajstić information content (AvgIpc) is 3.54. The van der Waals surface area contributed by atoms with E-state index in [1.54, 1.807) is 24.3 Å². The molecule has 3 atom stereocenters. The SMILES string of the molecule is COC(=O)[C@H](C[C@@H]1CCCCC1=O)NC(=O)C1CC2(CCC(F)(F)CC2)CN1C(=O)c1cc2cccc(Cl)c2[nH]1. The third-order valence-electron chi connectivity index (χ3n) is 8.95. The number of carbonyl (C=O) groups is 4. The molecule has 2 N–H and O–H groups in total. The molecule has 1 aromatic heterocycles. The van der Waals surface area contributed by atoms with Gasteiger partial charge in [-0.2, -0.15) is 0 Å². The summed E-state index contributed by atoms with van der Waals surface area (Å²) in [5, 5.41) is 3.92. The summed E-state index contributed by atoms with van der Waals surface area (Å²) in [6, 6.07) is 4.89. The number of esters is 1. The molecule has 3 fully saturated rings. The number of para-hydroxylation sites is 1. The van der Waals surface area contributed by atoms with Crippen LogP contribution in [0.1, 0.15) is 74.7 Å². The lowest BCUT2D eigenvalue weighted by Crippen LogP contribution is -2.52. The largest absolute Gasteiger partial charge is 0.467 e. The summed E-state index contributed by atoms with van der Waals surface area (Å²) < 4.78 is 33.1. The molecule has 1 spiro atoms. The molecule has 1 unspecified atom stereocenters. The number of likely N-dealkylation sites (tertiary alicyclic amines) is 1. The highest BCUT2D eigenvalue weighted by Gasteiger charge is 2.53. The Balaban J connectivity index is 1.41. The molecule has 2 aliphatic carbocycles. The predicted octanol–water partition coefficient (Wildman–Crippen LogP) is 5.04. The minimum atomic E-state index is -2.77. The van der Waals surface area contributed by atoms with Gasteiger partial charge in [-0.15, -0.1) is 0 Å². The summed E-state index contributed by atoms with van der Waals surface area (Å²) in [4.78, 5) is 57.1. The second-order valence-corrected chi connectivity index (χ2v) is 12.0. The number of rotatable bonds is 6. The van der Waals surface area contributed by atoms with E-state index in [4.69, 9.17) is 16.3 Å². The lowest BCUT2D eigenvalue weighted by molar-refractivity contribution is -0.146. The van der Waals surface area contributed by atoms with Crippen molar-refractivity contribution in [2.45, 2.75) is 82.2 Å². The predicted molar refractivity (Wildman–Crippen MR) is 144 cm³/mol. The zero-order chi connectivity index (χ0) is 28.7. The number of carbonyl (C=O) groups excluding carboxylic acids is 4. The highest BCUT2D eigenvalue weighted by molar-refractivity contribution is 6.35. The van der Waals surface area contributed by atoms with Gasteiger partial charge in [0.25, 0.3) is 5.91 Å². The van der Waals surface area contributed by atoms with Crippen LogP contribution < -0.4 is 5.32 Å². The highest BCUT2D eigenvalue weighted by atomic mass is 35.5. The van der Waals surface area contributed by atoms with E-state index in [0.29, 0.717) is 23.4 Å². The highest BCUT2D eigenvalue weighted by Crippen LogP contribution is 2.50. The summed E-state index contributed by atoms with van der Waals surface area (Å²) in [6.45, 7) is 0.146. The number of hydrogen-bond acceptors (Lipinski definition) is 5. The van der Waals surface area contributed by atoms with Gasteiger partial charge >= 0.3 is 5.97 Å². The summed E-state index contributed by atoms with van der Waals surface area (Å²) in [5.41, 5.74) is 0.183. The van der Waals surface area contributed by atoms with E-state index in [9.17, 15) is 28.0 Å². The third-order valence-corrected chi connectivity index (χ3v) is 9.27. The molecule has 2 aromatic rings. The number of benzene rings is 1. The number of nitrogens with one attached hydrogen (secondary N) is 2. The molecule has 1 aliphatic heterocycles. The number of aromatic nitrogens is 1. The Morgan fingerprint density at radius 2 is 1.95 bits per heavy atom. The smallest absolute Gasteiger partial charge is 0.328 e. The van der Waals surface area contributed by atoms with Crippen molar-refractivity contribution in [3.63, 3.8) is 0 Å². The van der Waals surface area contributed by atoms with Gasteiger partial charge in [0.2, 0.25) is 11.8 Å². The molecular weight excluding hydrogens is 544 g/mol. The van der Waals surface area contributed by atoms with Crippen molar-refractivity contribution in [1.29, 1.82) is 0 Å². The van der Waals surface area contributed by atoms with E-state index in [-0.39, 0.29) is 62.5 Å². The monoisotopic (exact) mass is 577 g/mol. The first-order valence-corrected chi connectivity index (χ1v) is 14.3. The molecule has 2 heterocycles. The van der Waals surface area contributed by atoms with Crippen LogP contribution >= 0.6 is 11.6 Å². The minimum Gasteiger partial charge on any atom is -0.467 e. The normalized spacial score (nSPS) is 24.7. The van der Waals surface area contributed by atoms with Crippen LogP contribution in [0.15, 0.2) is 24.3 Å². The number of amides is 2. The number of Topliss-reactive ketones (excluding diaryl/α,β-unsaturated/α-hetero) is 1. The standard InChI is InChI=1S/C29H34ClF2N3O5/c1-40-27(39)21(13-17-5-2-3-8-23(17)36)34-25(37)22-15-28(9-11-29(31,32)12-10-28)16-35(22)26(38)20-14-18-6-4-7-19(30)24(18)33-20/h4,6-7,14,17,21-22,33H,2-3,5,8-13,15-16H2,1H3,(H,34,37)/t17-,21-,22?/m0/s1. The lowest BCUT2D eigenvalue weighted by Gasteiger charge is -2.36. The van der Waals surface area contributed by atoms with Crippen LogP contribution in [0.4, 0.5) is 8.78 Å². The first kappa shape index (κ1) is 28.5. The van der Waals surface area contributed by atoms with Crippen LogP contribution in [0.5, 0.6) is 0 Å². The number of halogens is 3. The number of alkyl halides is 2. The summed E-state index contributed by atoms with van der Waals surface area (Å²) in [7, 11) is 1.22. The van der Waals surface area contributed by atoms with Crippen LogP contribution in [-0.4, -0.2) is 65.1 Å². The van der Waals surface area contributed by atoms with Crippen molar-refractivity contribution in [1.82, 2.24) is 15.2 Å². The first-order valence-electron chi connectivity index (χ1n) is 13.9. The molecule has 2 amide bonds. The Morgan fingerprint density at radius 1 is 1.20 bits per heavy atom. The number of ether oxygens (including phenoxy) is 1. The Bertz CT molecular complexity index is 1320. The van der Waals surface area contributed by atoms with Gasteiger partial charge in [0, 0.05) is 37.1 Å². The fraction of sp³-hybridized carbons (Fsp3) is 0.586. The van der Waals surface area contributed by atoms with Crippen LogP contribution in [-0.2, 0) is 19.1 Å². The van der Waals surface area contributed by atoms with Gasteiger partial charge in [0.1, 0.15) is 23.6 Å². The number of nitrogens with zero attached hydrogens (tertiary/aromatic N) is 1. The fourth-order valence-electron chi connectivity index (χ4n) is 6.61. The van der Waals surface area contributed by atoms with Crippen molar-refractivity contribution in [2.75, 3.05) is 13.7 Å². The number of ketones is 1. The number of methoxy groups -OCH3 is 1. The quantitative estimate of drug-likeness (QED) is 0.468. The van der Waals surface area contributed by atoms with Crippen molar-refractivity contribution < 1.29 is 32.7 Å². The molecule has 216 valence electrons. The first-order chi connectivity index (χ1) is 19.0. The molecule has 11 heteroatoms. The summed E-state index contributed by atoms with van der Waals surface area (Å²) in [5.74, 6) is -4.74. The second-order valence-electron chi connectivity index (χ2n) is 11.6. The zero-order valence-corrected chi connectivity index (χ0v) is 23.2. The van der Waals surface area contributed by atoms with Gasteiger partial charge < -0.3 is 19.9 Å². The molecule has 5 rings (SSSR count). The molecule has 2 saturated carbocycles. The van der Waals surface area contributed by atoms with E-state index in [1.807, 2.05) is 0 Å². The van der Waals surface area contributed by atoms with Crippen LogP contribution in [0, 0.1) is 11.3 Å². The van der Waals surface area contributed by atoms with E-state index in [0.717, 1.165) is 18.2 Å². The lowest BCUT2D eigenvalue weighted by atomic mass is 9.71. The zero-order valence-electron chi connectivity index (χ0n) is 22.4. The molecule has 0 radical (unpaired) electrons. The van der Waals surface area contributed by atoms with E-state index < -0.39 is 41.2 Å². The molecule has 3 aliphatic rings. The van der Waals surface area contributed by atoms with Gasteiger partial charge in [0.05, 0.1) is 17.6 Å². The van der Waals surface area contributed by atoms with E-state index in [2.05, 4.69) is 10.3 Å². The van der Waals surface area contributed by atoms with Crippen molar-refractivity contribution in [3.8, 4) is 0 Å². The minimum absolute atomic E-state index is 0.0617. The molecular formula is C29H34ClF2N3O5. The number of H-pyrrole nitrogens is 1. The number of fused-ring (bicyclic) bond motifs is 1. The van der Waals surface area contributed by atoms with E-state index >= 15 is 0 Å². The maximum absolute atomic E-state index is 14.1. The van der Waals surface area contributed by atoms with Gasteiger partial charge in [0.15, 0.2) is 0 Å². The van der Waals surface area contributed by atoms with Crippen molar-refractivity contribution in [2.24, 2.45) is 11.3 Å². The average molecular weight is 578 g/mol. The second kappa shape index (κ2) is 11.1. The van der Waals surface area contributed by atoms with Crippen LogP contribution in [0.25, 0.3) is 10.9 Å². The molecule has 8 nitrogen and oxygen atoms in total. The molecule has 0 bridgehead atoms. The summed E-state index contributed by atoms with van der Waals surface area (Å²) in [6.07, 6.45) is 2.84. The molecule has 1 saturated heterocycles. The Kier molecular flexibility index (Phi) is 7.92. The Hall–Kier alpha value is -3.01. The Morgan fingerprint density at radius 3 is 2.62 bits per heavy atom. The van der Waals surface area contributed by atoms with Gasteiger partial charge in [-0.3, -0.25) is 14.4 Å². The molecule has 1 aromatic carbocycles. The number of aromatic amines is 1. The maximum atomic E-state index is 14.1. The van der Waals surface area contributed by atoms with Gasteiger partial charge in [-0.1, -0.05) is 30.2 Å². The topological polar surface area (TPSA) is 109 Å². The van der Waals surface area contributed by atoms with Gasteiger partial charge in [-0.05, 0) is 56.1 Å². The van der Waals surface area contributed by atoms with Gasteiger partial charge in [-0.25, -0.2) is 13.6 Å².